The molecule has 5 heteroatoms. The molecule has 4 nitrogen and oxygen atoms in total. The lowest BCUT2D eigenvalue weighted by Crippen LogP contribution is -2.09. The summed E-state index contributed by atoms with van der Waals surface area (Å²) in [5, 5.41) is 0. The molecule has 0 aliphatic heterocycles. The number of anilines is 1. The number of hydrogen-bond donors (Lipinski definition) is 1. The van der Waals surface area contributed by atoms with E-state index in [4.69, 9.17) is 10.5 Å². The Balaban J connectivity index is 1.89. The van der Waals surface area contributed by atoms with E-state index in [0.717, 1.165) is 11.6 Å². The number of aromatic nitrogens is 1. The van der Waals surface area contributed by atoms with Crippen LogP contribution in [0.4, 0.5) is 10.1 Å². The monoisotopic (exact) mass is 260 g/mol. The summed E-state index contributed by atoms with van der Waals surface area (Å²) in [5.74, 6) is -1.18. The Hall–Kier alpha value is -2.43. The molecular weight excluding hydrogens is 247 g/mol. The minimum Gasteiger partial charge on any atom is -0.462 e. The summed E-state index contributed by atoms with van der Waals surface area (Å²) in [5.41, 5.74) is 6.51. The maximum absolute atomic E-state index is 13.2. The normalized spacial score (nSPS) is 10.2. The number of benzene rings is 1. The molecule has 0 aliphatic rings. The number of rotatable bonds is 4. The van der Waals surface area contributed by atoms with Crippen molar-refractivity contribution in [1.82, 2.24) is 4.98 Å². The molecule has 0 saturated carbocycles. The van der Waals surface area contributed by atoms with Crippen molar-refractivity contribution >= 4 is 11.7 Å². The largest absolute Gasteiger partial charge is 0.462 e. The van der Waals surface area contributed by atoms with Gasteiger partial charge in [0, 0.05) is 18.8 Å². The quantitative estimate of drug-likeness (QED) is 0.676. The minimum atomic E-state index is -0.622. The van der Waals surface area contributed by atoms with E-state index in [1.807, 2.05) is 12.1 Å². The number of carbonyl (C=O) groups excluding carboxylic acids is 1. The SMILES string of the molecule is Nc1ccc(C(=O)OCCc2ccncc2)cc1F. The molecule has 0 aliphatic carbocycles. The summed E-state index contributed by atoms with van der Waals surface area (Å²) in [6.07, 6.45) is 3.94. The Bertz CT molecular complexity index is 573. The predicted molar refractivity (Wildman–Crippen MR) is 69.0 cm³/mol. The highest BCUT2D eigenvalue weighted by molar-refractivity contribution is 5.89. The minimum absolute atomic E-state index is 0.00772. The highest BCUT2D eigenvalue weighted by Crippen LogP contribution is 2.13. The molecule has 0 bridgehead atoms. The molecule has 0 radical (unpaired) electrons. The van der Waals surface area contributed by atoms with E-state index in [1.54, 1.807) is 12.4 Å². The first kappa shape index (κ1) is 13.0. The van der Waals surface area contributed by atoms with Crippen LogP contribution in [0.5, 0.6) is 0 Å². The van der Waals surface area contributed by atoms with Gasteiger partial charge in [-0.25, -0.2) is 9.18 Å². The van der Waals surface area contributed by atoms with Gasteiger partial charge in [-0.15, -0.1) is 0 Å². The molecule has 2 N–H and O–H groups in total. The zero-order chi connectivity index (χ0) is 13.7. The summed E-state index contributed by atoms with van der Waals surface area (Å²) < 4.78 is 18.2. The highest BCUT2D eigenvalue weighted by Gasteiger charge is 2.09. The fraction of sp³-hybridized carbons (Fsp3) is 0.143. The lowest BCUT2D eigenvalue weighted by molar-refractivity contribution is 0.0509. The molecule has 2 aromatic rings. The molecule has 0 unspecified atom stereocenters. The summed E-state index contributed by atoms with van der Waals surface area (Å²) in [6.45, 7) is 0.231. The molecule has 0 atom stereocenters. The molecule has 0 amide bonds. The second-order valence-corrected chi connectivity index (χ2v) is 3.98. The van der Waals surface area contributed by atoms with Gasteiger partial charge in [0.05, 0.1) is 17.9 Å². The van der Waals surface area contributed by atoms with Crippen LogP contribution in [-0.4, -0.2) is 17.6 Å². The molecular formula is C14H13FN2O2. The van der Waals surface area contributed by atoms with Gasteiger partial charge in [-0.1, -0.05) is 0 Å². The topological polar surface area (TPSA) is 65.2 Å². The van der Waals surface area contributed by atoms with Gasteiger partial charge in [0.15, 0.2) is 0 Å². The first-order chi connectivity index (χ1) is 9.16. The van der Waals surface area contributed by atoms with E-state index >= 15 is 0 Å². The van der Waals surface area contributed by atoms with Crippen molar-refractivity contribution in [3.8, 4) is 0 Å². The van der Waals surface area contributed by atoms with Crippen molar-refractivity contribution in [2.75, 3.05) is 12.3 Å². The van der Waals surface area contributed by atoms with Crippen molar-refractivity contribution in [3.05, 3.63) is 59.7 Å². The number of hydrogen-bond acceptors (Lipinski definition) is 4. The summed E-state index contributed by atoms with van der Waals surface area (Å²) in [6, 6.07) is 7.54. The molecule has 0 saturated heterocycles. The van der Waals surface area contributed by atoms with Crippen LogP contribution < -0.4 is 5.73 Å². The Labute approximate surface area is 110 Å². The van der Waals surface area contributed by atoms with Crippen molar-refractivity contribution in [2.24, 2.45) is 0 Å². The number of ether oxygens (including phenoxy) is 1. The first-order valence-electron chi connectivity index (χ1n) is 5.78. The number of halogens is 1. The molecule has 19 heavy (non-hydrogen) atoms. The van der Waals surface area contributed by atoms with Crippen molar-refractivity contribution in [1.29, 1.82) is 0 Å². The number of nitrogens with zero attached hydrogens (tertiary/aromatic N) is 1. The zero-order valence-corrected chi connectivity index (χ0v) is 10.2. The molecule has 2 rings (SSSR count). The summed E-state index contributed by atoms with van der Waals surface area (Å²) in [4.78, 5) is 15.5. The van der Waals surface area contributed by atoms with Crippen LogP contribution in [0.1, 0.15) is 15.9 Å². The fourth-order valence-electron chi connectivity index (χ4n) is 1.55. The van der Waals surface area contributed by atoms with Crippen LogP contribution in [0.2, 0.25) is 0 Å². The third-order valence-corrected chi connectivity index (χ3v) is 2.61. The lowest BCUT2D eigenvalue weighted by Gasteiger charge is -2.05. The zero-order valence-electron chi connectivity index (χ0n) is 10.2. The number of pyridine rings is 1. The number of nitrogen functional groups attached to an aromatic ring is 1. The van der Waals surface area contributed by atoms with Crippen molar-refractivity contribution < 1.29 is 13.9 Å². The van der Waals surface area contributed by atoms with Crippen LogP contribution in [0.3, 0.4) is 0 Å². The van der Waals surface area contributed by atoms with Gasteiger partial charge < -0.3 is 10.5 Å². The smallest absolute Gasteiger partial charge is 0.338 e. The molecule has 98 valence electrons. The standard InChI is InChI=1S/C14H13FN2O2/c15-12-9-11(1-2-13(12)16)14(18)19-8-5-10-3-6-17-7-4-10/h1-4,6-7,9H,5,8,16H2. The summed E-state index contributed by atoms with van der Waals surface area (Å²) in [7, 11) is 0. The fourth-order valence-corrected chi connectivity index (χ4v) is 1.55. The van der Waals surface area contributed by atoms with Crippen LogP contribution in [-0.2, 0) is 11.2 Å². The maximum atomic E-state index is 13.2. The second kappa shape index (κ2) is 5.95. The van der Waals surface area contributed by atoms with E-state index in [-0.39, 0.29) is 17.9 Å². The van der Waals surface area contributed by atoms with Gasteiger partial charge in [0.1, 0.15) is 5.82 Å². The van der Waals surface area contributed by atoms with Crippen LogP contribution in [0.25, 0.3) is 0 Å². The Morgan fingerprint density at radius 2 is 2.00 bits per heavy atom. The van der Waals surface area contributed by atoms with Gasteiger partial charge in [-0.05, 0) is 35.9 Å². The molecule has 1 aromatic carbocycles. The maximum Gasteiger partial charge on any atom is 0.338 e. The number of esters is 1. The van der Waals surface area contributed by atoms with Crippen molar-refractivity contribution in [2.45, 2.75) is 6.42 Å². The van der Waals surface area contributed by atoms with Crippen LogP contribution in [0.15, 0.2) is 42.7 Å². The van der Waals surface area contributed by atoms with E-state index in [0.29, 0.717) is 6.42 Å². The van der Waals surface area contributed by atoms with Gasteiger partial charge in [-0.3, -0.25) is 4.98 Å². The van der Waals surface area contributed by atoms with E-state index in [2.05, 4.69) is 4.98 Å². The molecule has 0 spiro atoms. The molecule has 1 heterocycles. The van der Waals surface area contributed by atoms with Gasteiger partial charge in [0.2, 0.25) is 0 Å². The Kier molecular flexibility index (Phi) is 4.07. The van der Waals surface area contributed by atoms with E-state index < -0.39 is 11.8 Å². The molecule has 1 aromatic heterocycles. The Morgan fingerprint density at radius 1 is 1.26 bits per heavy atom. The van der Waals surface area contributed by atoms with E-state index in [9.17, 15) is 9.18 Å². The first-order valence-corrected chi connectivity index (χ1v) is 5.78. The van der Waals surface area contributed by atoms with Crippen LogP contribution >= 0.6 is 0 Å². The third kappa shape index (κ3) is 3.51. The molecule has 0 fully saturated rings. The van der Waals surface area contributed by atoms with Gasteiger partial charge in [0.25, 0.3) is 0 Å². The second-order valence-electron chi connectivity index (χ2n) is 3.98. The van der Waals surface area contributed by atoms with E-state index in [1.165, 1.54) is 12.1 Å². The average molecular weight is 260 g/mol. The Morgan fingerprint density at radius 3 is 2.68 bits per heavy atom. The third-order valence-electron chi connectivity index (χ3n) is 2.61. The lowest BCUT2D eigenvalue weighted by atomic mass is 10.2. The van der Waals surface area contributed by atoms with Crippen LogP contribution in [0, 0.1) is 5.82 Å². The number of carbonyl (C=O) groups is 1. The predicted octanol–water partition coefficient (Wildman–Crippen LogP) is 2.20. The average Bonchev–Trinajstić information content (AvgIpc) is 2.43. The van der Waals surface area contributed by atoms with Crippen molar-refractivity contribution in [3.63, 3.8) is 0 Å². The number of nitrogens with two attached hydrogens (primary N) is 1. The van der Waals surface area contributed by atoms with Gasteiger partial charge in [-0.2, -0.15) is 0 Å². The summed E-state index contributed by atoms with van der Waals surface area (Å²) >= 11 is 0. The highest BCUT2D eigenvalue weighted by atomic mass is 19.1. The van der Waals surface area contributed by atoms with Gasteiger partial charge >= 0.3 is 5.97 Å².